The van der Waals surface area contributed by atoms with Crippen molar-refractivity contribution in [1.29, 1.82) is 0 Å². The second-order valence-corrected chi connectivity index (χ2v) is 5.37. The molecule has 0 aromatic heterocycles. The first kappa shape index (κ1) is 16.7. The van der Waals surface area contributed by atoms with Crippen molar-refractivity contribution in [3.63, 3.8) is 0 Å². The maximum absolute atomic E-state index is 12.2. The van der Waals surface area contributed by atoms with E-state index in [1.54, 1.807) is 18.2 Å². The second-order valence-electron chi connectivity index (χ2n) is 4.93. The van der Waals surface area contributed by atoms with Crippen LogP contribution in [-0.4, -0.2) is 22.8 Å². The van der Waals surface area contributed by atoms with Gasteiger partial charge in [0.15, 0.2) is 5.78 Å². The van der Waals surface area contributed by atoms with Gasteiger partial charge in [-0.15, -0.1) is 0 Å². The number of amides is 1. The number of nitrogens with one attached hydrogen (secondary N) is 1. The summed E-state index contributed by atoms with van der Waals surface area (Å²) in [6.07, 6.45) is 0. The fourth-order valence-electron chi connectivity index (χ4n) is 2.05. The first-order chi connectivity index (χ1) is 10.9. The predicted molar refractivity (Wildman–Crippen MR) is 86.0 cm³/mol. The molecule has 0 saturated carbocycles. The lowest BCUT2D eigenvalue weighted by Crippen LogP contribution is -2.24. The number of hydrogen-bond acceptors (Lipinski definition) is 3. The molecule has 0 atom stereocenters. The maximum atomic E-state index is 12.2. The third-order valence-electron chi connectivity index (χ3n) is 3.26. The molecule has 2 rings (SSSR count). The van der Waals surface area contributed by atoms with Gasteiger partial charge in [0.25, 0.3) is 5.91 Å². The van der Waals surface area contributed by atoms with Gasteiger partial charge < -0.3 is 10.4 Å². The van der Waals surface area contributed by atoms with Crippen molar-refractivity contribution in [1.82, 2.24) is 5.32 Å². The van der Waals surface area contributed by atoms with E-state index < -0.39 is 11.9 Å². The Morgan fingerprint density at radius 2 is 1.70 bits per heavy atom. The van der Waals surface area contributed by atoms with Gasteiger partial charge in [0.05, 0.1) is 11.1 Å². The zero-order valence-electron chi connectivity index (χ0n) is 12.3. The normalized spacial score (nSPS) is 10.2. The standard InChI is InChI=1S/C17H14ClNO4/c1-10(20)15-8-13(18)6-7-14(15)16(21)19-9-11-2-4-12(5-3-11)17(22)23/h2-8H,9H2,1H3,(H,19,21)(H,22,23). The van der Waals surface area contributed by atoms with E-state index in [1.807, 2.05) is 0 Å². The fraction of sp³-hybridized carbons (Fsp3) is 0.118. The zero-order chi connectivity index (χ0) is 17.0. The van der Waals surface area contributed by atoms with Gasteiger partial charge in [0, 0.05) is 17.1 Å². The van der Waals surface area contributed by atoms with Gasteiger partial charge >= 0.3 is 5.97 Å². The number of carbonyl (C=O) groups is 3. The molecule has 0 spiro atoms. The van der Waals surface area contributed by atoms with Crippen LogP contribution in [0.4, 0.5) is 0 Å². The molecule has 1 amide bonds. The molecule has 0 radical (unpaired) electrons. The lowest BCUT2D eigenvalue weighted by atomic mass is 10.0. The fourth-order valence-corrected chi connectivity index (χ4v) is 2.22. The zero-order valence-corrected chi connectivity index (χ0v) is 13.1. The number of carboxylic acids is 1. The quantitative estimate of drug-likeness (QED) is 0.824. The summed E-state index contributed by atoms with van der Waals surface area (Å²) in [5.74, 6) is -1.65. The molecule has 0 heterocycles. The van der Waals surface area contributed by atoms with Gasteiger partial charge in [0.2, 0.25) is 0 Å². The monoisotopic (exact) mass is 331 g/mol. The number of carbonyl (C=O) groups excluding carboxylic acids is 2. The van der Waals surface area contributed by atoms with Crippen LogP contribution in [0.3, 0.4) is 0 Å². The highest BCUT2D eigenvalue weighted by atomic mass is 35.5. The van der Waals surface area contributed by atoms with E-state index in [-0.39, 0.29) is 29.0 Å². The second kappa shape index (κ2) is 7.07. The number of aromatic carboxylic acids is 1. The van der Waals surface area contributed by atoms with Crippen molar-refractivity contribution in [3.05, 3.63) is 69.7 Å². The van der Waals surface area contributed by atoms with Crippen molar-refractivity contribution < 1.29 is 19.5 Å². The highest BCUT2D eigenvalue weighted by Gasteiger charge is 2.14. The number of hydrogen-bond donors (Lipinski definition) is 2. The molecule has 0 aliphatic heterocycles. The third-order valence-corrected chi connectivity index (χ3v) is 3.49. The molecule has 0 bridgehead atoms. The molecule has 0 aliphatic rings. The first-order valence-corrected chi connectivity index (χ1v) is 7.17. The summed E-state index contributed by atoms with van der Waals surface area (Å²) in [6.45, 7) is 1.59. The van der Waals surface area contributed by atoms with Crippen molar-refractivity contribution in [2.75, 3.05) is 0 Å². The number of carboxylic acid groups (broad SMARTS) is 1. The molecule has 5 nitrogen and oxygen atoms in total. The van der Waals surface area contributed by atoms with Gasteiger partial charge in [-0.3, -0.25) is 9.59 Å². The summed E-state index contributed by atoms with van der Waals surface area (Å²) in [5, 5.41) is 11.9. The minimum atomic E-state index is -1.01. The summed E-state index contributed by atoms with van der Waals surface area (Å²) < 4.78 is 0. The molecule has 23 heavy (non-hydrogen) atoms. The molecular weight excluding hydrogens is 318 g/mol. The largest absolute Gasteiger partial charge is 0.478 e. The van der Waals surface area contributed by atoms with Gasteiger partial charge in [-0.2, -0.15) is 0 Å². The topological polar surface area (TPSA) is 83.5 Å². The van der Waals surface area contributed by atoms with E-state index in [2.05, 4.69) is 5.32 Å². The third kappa shape index (κ3) is 4.17. The number of ketones is 1. The lowest BCUT2D eigenvalue weighted by molar-refractivity contribution is 0.0696. The summed E-state index contributed by atoms with van der Waals surface area (Å²) in [5.41, 5.74) is 1.44. The Balaban J connectivity index is 2.11. The van der Waals surface area contributed by atoms with Gasteiger partial charge in [-0.05, 0) is 42.8 Å². The molecule has 0 fully saturated rings. The maximum Gasteiger partial charge on any atom is 0.335 e. The molecular formula is C17H14ClNO4. The molecule has 2 aromatic rings. The summed E-state index contributed by atoms with van der Waals surface area (Å²) in [7, 11) is 0. The van der Waals surface area contributed by atoms with Crippen LogP contribution in [-0.2, 0) is 6.54 Å². The Hall–Kier alpha value is -2.66. The van der Waals surface area contributed by atoms with E-state index in [1.165, 1.54) is 31.2 Å². The Labute approximate surface area is 137 Å². The molecule has 0 saturated heterocycles. The molecule has 0 aliphatic carbocycles. The number of rotatable bonds is 5. The van der Waals surface area contributed by atoms with Crippen LogP contribution in [0.25, 0.3) is 0 Å². The minimum absolute atomic E-state index is 0.177. The van der Waals surface area contributed by atoms with Gasteiger partial charge in [0.1, 0.15) is 0 Å². The summed E-state index contributed by atoms with van der Waals surface area (Å²) >= 11 is 5.85. The first-order valence-electron chi connectivity index (χ1n) is 6.79. The van der Waals surface area contributed by atoms with Crippen LogP contribution >= 0.6 is 11.6 Å². The van der Waals surface area contributed by atoms with E-state index in [0.29, 0.717) is 5.02 Å². The van der Waals surface area contributed by atoms with E-state index in [9.17, 15) is 14.4 Å². The number of benzene rings is 2. The Morgan fingerprint density at radius 1 is 1.04 bits per heavy atom. The van der Waals surface area contributed by atoms with Crippen LogP contribution in [0, 0.1) is 0 Å². The van der Waals surface area contributed by atoms with Crippen LogP contribution in [0.5, 0.6) is 0 Å². The van der Waals surface area contributed by atoms with Crippen LogP contribution in [0.2, 0.25) is 5.02 Å². The number of Topliss-reactive ketones (excluding diaryl/α,β-unsaturated/α-hetero) is 1. The Bertz CT molecular complexity index is 769. The molecule has 0 unspecified atom stereocenters. The lowest BCUT2D eigenvalue weighted by Gasteiger charge is -2.09. The Morgan fingerprint density at radius 3 is 2.26 bits per heavy atom. The van der Waals surface area contributed by atoms with Crippen LogP contribution < -0.4 is 5.32 Å². The minimum Gasteiger partial charge on any atom is -0.478 e. The van der Waals surface area contributed by atoms with Gasteiger partial charge in [-0.1, -0.05) is 23.7 Å². The van der Waals surface area contributed by atoms with Crippen LogP contribution in [0.1, 0.15) is 43.6 Å². The molecule has 118 valence electrons. The van der Waals surface area contributed by atoms with E-state index in [4.69, 9.17) is 16.7 Å². The Kier molecular flexibility index (Phi) is 5.13. The predicted octanol–water partition coefficient (Wildman–Crippen LogP) is 3.17. The molecule has 2 aromatic carbocycles. The molecule has 6 heteroatoms. The highest BCUT2D eigenvalue weighted by molar-refractivity contribution is 6.31. The SMILES string of the molecule is CC(=O)c1cc(Cl)ccc1C(=O)NCc1ccc(C(=O)O)cc1. The van der Waals surface area contributed by atoms with E-state index >= 15 is 0 Å². The summed E-state index contributed by atoms with van der Waals surface area (Å²) in [6, 6.07) is 10.7. The van der Waals surface area contributed by atoms with Crippen molar-refractivity contribution in [2.24, 2.45) is 0 Å². The smallest absolute Gasteiger partial charge is 0.335 e. The van der Waals surface area contributed by atoms with Crippen molar-refractivity contribution in [3.8, 4) is 0 Å². The van der Waals surface area contributed by atoms with Crippen molar-refractivity contribution in [2.45, 2.75) is 13.5 Å². The number of halogens is 1. The van der Waals surface area contributed by atoms with E-state index in [0.717, 1.165) is 5.56 Å². The highest BCUT2D eigenvalue weighted by Crippen LogP contribution is 2.17. The average molecular weight is 332 g/mol. The molecule has 2 N–H and O–H groups in total. The van der Waals surface area contributed by atoms with Crippen molar-refractivity contribution >= 4 is 29.3 Å². The van der Waals surface area contributed by atoms with Crippen LogP contribution in [0.15, 0.2) is 42.5 Å². The average Bonchev–Trinajstić information content (AvgIpc) is 2.52. The van der Waals surface area contributed by atoms with Gasteiger partial charge in [-0.25, -0.2) is 4.79 Å². The summed E-state index contributed by atoms with van der Waals surface area (Å²) in [4.78, 5) is 34.6.